The minimum absolute atomic E-state index is 0.236. The van der Waals surface area contributed by atoms with Crippen LogP contribution in [-0.2, 0) is 0 Å². The lowest BCUT2D eigenvalue weighted by atomic mass is 9.83. The molecule has 0 amide bonds. The molecule has 0 aliphatic rings. The summed E-state index contributed by atoms with van der Waals surface area (Å²) in [6, 6.07) is 4.22. The van der Waals surface area contributed by atoms with Crippen molar-refractivity contribution in [1.82, 2.24) is 0 Å². The number of nitrogens with two attached hydrogens (primary N) is 2. The highest BCUT2D eigenvalue weighted by Gasteiger charge is 2.28. The maximum Gasteiger partial charge on any atom is 0.0665 e. The zero-order valence-corrected chi connectivity index (χ0v) is 10.1. The fourth-order valence-corrected chi connectivity index (χ4v) is 1.96. The summed E-state index contributed by atoms with van der Waals surface area (Å²) in [6.07, 6.45) is 5.15. The molecule has 0 aromatic rings. The smallest absolute Gasteiger partial charge is 0.0665 e. The van der Waals surface area contributed by atoms with Crippen molar-refractivity contribution in [2.75, 3.05) is 0 Å². The first-order valence-electron chi connectivity index (χ1n) is 5.90. The van der Waals surface area contributed by atoms with Crippen LogP contribution in [0.15, 0.2) is 0 Å². The predicted octanol–water partition coefficient (Wildman–Crippen LogP) is 2.01. The molecule has 0 bridgehead atoms. The fourth-order valence-electron chi connectivity index (χ4n) is 1.96. The molecule has 4 N–H and O–H groups in total. The van der Waals surface area contributed by atoms with E-state index >= 15 is 0 Å². The van der Waals surface area contributed by atoms with Gasteiger partial charge in [-0.15, -0.1) is 0 Å². The van der Waals surface area contributed by atoms with Gasteiger partial charge in [-0.05, 0) is 31.6 Å². The van der Waals surface area contributed by atoms with E-state index in [2.05, 4.69) is 19.1 Å². The highest BCUT2D eigenvalue weighted by molar-refractivity contribution is 4.86. The van der Waals surface area contributed by atoms with Crippen LogP contribution in [0.2, 0.25) is 0 Å². The van der Waals surface area contributed by atoms with E-state index in [1.165, 1.54) is 0 Å². The summed E-state index contributed by atoms with van der Waals surface area (Å²) in [7, 11) is 0. The Hall–Kier alpha value is -1.10. The molecule has 4 nitrogen and oxygen atoms in total. The molecule has 0 rings (SSSR count). The van der Waals surface area contributed by atoms with Gasteiger partial charge in [0.2, 0.25) is 0 Å². The highest BCUT2D eigenvalue weighted by Crippen LogP contribution is 2.24. The van der Waals surface area contributed by atoms with Gasteiger partial charge in [-0.2, -0.15) is 10.5 Å². The molecule has 0 saturated carbocycles. The second-order valence-corrected chi connectivity index (χ2v) is 4.28. The fraction of sp³-hybridized carbons (Fsp3) is 0.833. The quantitative estimate of drug-likeness (QED) is 0.484. The lowest BCUT2D eigenvalue weighted by Crippen LogP contribution is -2.55. The molecule has 0 spiro atoms. The summed E-state index contributed by atoms with van der Waals surface area (Å²) in [6.45, 7) is 2.07. The van der Waals surface area contributed by atoms with Gasteiger partial charge < -0.3 is 11.5 Å². The Labute approximate surface area is 98.2 Å². The molecule has 0 aliphatic heterocycles. The Morgan fingerprint density at radius 1 is 1.12 bits per heavy atom. The molecule has 0 saturated heterocycles. The molecule has 0 radical (unpaired) electrons. The van der Waals surface area contributed by atoms with Crippen LogP contribution in [0.25, 0.3) is 0 Å². The molecular weight excluding hydrogens is 200 g/mol. The predicted molar refractivity (Wildman–Crippen MR) is 63.8 cm³/mol. The maximum absolute atomic E-state index is 8.48. The summed E-state index contributed by atoms with van der Waals surface area (Å²) in [4.78, 5) is 0. The van der Waals surface area contributed by atoms with Crippen molar-refractivity contribution < 1.29 is 0 Å². The summed E-state index contributed by atoms with van der Waals surface area (Å²) in [5.74, 6) is 0.236. The van der Waals surface area contributed by atoms with E-state index in [-0.39, 0.29) is 5.92 Å². The van der Waals surface area contributed by atoms with Crippen LogP contribution in [0.3, 0.4) is 0 Å². The van der Waals surface area contributed by atoms with Crippen LogP contribution in [0.1, 0.15) is 51.9 Å². The Kier molecular flexibility index (Phi) is 7.54. The van der Waals surface area contributed by atoms with Crippen LogP contribution in [0.4, 0.5) is 0 Å². The average molecular weight is 222 g/mol. The van der Waals surface area contributed by atoms with Gasteiger partial charge in [0.1, 0.15) is 0 Å². The van der Waals surface area contributed by atoms with Crippen LogP contribution in [0, 0.1) is 28.6 Å². The van der Waals surface area contributed by atoms with Crippen molar-refractivity contribution in [2.24, 2.45) is 17.4 Å². The van der Waals surface area contributed by atoms with Gasteiger partial charge in [0.05, 0.1) is 17.8 Å². The van der Waals surface area contributed by atoms with Crippen molar-refractivity contribution in [3.05, 3.63) is 0 Å². The number of hydrogen-bond acceptors (Lipinski definition) is 4. The monoisotopic (exact) mass is 222 g/mol. The van der Waals surface area contributed by atoms with Crippen molar-refractivity contribution in [2.45, 2.75) is 57.5 Å². The van der Waals surface area contributed by atoms with E-state index in [9.17, 15) is 0 Å². The number of nitrogens with zero attached hydrogens (tertiary/aromatic N) is 2. The van der Waals surface area contributed by atoms with E-state index in [4.69, 9.17) is 22.0 Å². The Morgan fingerprint density at radius 3 is 2.19 bits per heavy atom. The van der Waals surface area contributed by atoms with E-state index < -0.39 is 5.66 Å². The molecule has 0 fully saturated rings. The molecule has 90 valence electrons. The Morgan fingerprint density at radius 2 is 1.69 bits per heavy atom. The summed E-state index contributed by atoms with van der Waals surface area (Å²) < 4.78 is 0. The zero-order valence-electron chi connectivity index (χ0n) is 10.1. The SMILES string of the molecule is CCC(CCCC#N)C(N)(N)CCCC#N. The van der Waals surface area contributed by atoms with Gasteiger partial charge in [0, 0.05) is 12.8 Å². The lowest BCUT2D eigenvalue weighted by molar-refractivity contribution is 0.231. The standard InChI is InChI=1S/C12H22N4/c1-2-11(7-3-5-9-13)12(15,16)8-4-6-10-14/h11H,2-8,15-16H2,1H3. The molecule has 0 aromatic heterocycles. The van der Waals surface area contributed by atoms with Crippen molar-refractivity contribution >= 4 is 0 Å². The zero-order chi connectivity index (χ0) is 12.4. The lowest BCUT2D eigenvalue weighted by Gasteiger charge is -2.33. The number of hydrogen-bond donors (Lipinski definition) is 2. The molecule has 1 unspecified atom stereocenters. The first-order chi connectivity index (χ1) is 7.58. The van der Waals surface area contributed by atoms with E-state index in [1.807, 2.05) is 0 Å². The molecule has 0 aromatic carbocycles. The van der Waals surface area contributed by atoms with Gasteiger partial charge in [-0.3, -0.25) is 0 Å². The summed E-state index contributed by atoms with van der Waals surface area (Å²) in [5, 5.41) is 16.9. The van der Waals surface area contributed by atoms with Crippen molar-refractivity contribution in [3.63, 3.8) is 0 Å². The molecule has 0 heterocycles. The third kappa shape index (κ3) is 5.70. The number of unbranched alkanes of at least 4 members (excludes halogenated alkanes) is 2. The van der Waals surface area contributed by atoms with Gasteiger partial charge in [-0.25, -0.2) is 0 Å². The largest absolute Gasteiger partial charge is 0.313 e. The van der Waals surface area contributed by atoms with Crippen molar-refractivity contribution in [3.8, 4) is 12.1 Å². The second kappa shape index (κ2) is 8.10. The summed E-state index contributed by atoms with van der Waals surface area (Å²) >= 11 is 0. The van der Waals surface area contributed by atoms with Gasteiger partial charge in [0.15, 0.2) is 0 Å². The van der Waals surface area contributed by atoms with Crippen LogP contribution in [0.5, 0.6) is 0 Å². The third-order valence-electron chi connectivity index (χ3n) is 2.99. The van der Waals surface area contributed by atoms with Crippen LogP contribution in [-0.4, -0.2) is 5.66 Å². The molecule has 4 heteroatoms. The molecule has 16 heavy (non-hydrogen) atoms. The number of nitriles is 2. The topological polar surface area (TPSA) is 99.6 Å². The molecular formula is C12H22N4. The normalized spacial score (nSPS) is 12.8. The third-order valence-corrected chi connectivity index (χ3v) is 2.99. The maximum atomic E-state index is 8.48. The van der Waals surface area contributed by atoms with Gasteiger partial charge >= 0.3 is 0 Å². The first kappa shape index (κ1) is 14.9. The average Bonchev–Trinajstić information content (AvgIpc) is 2.24. The van der Waals surface area contributed by atoms with Crippen LogP contribution < -0.4 is 11.5 Å². The van der Waals surface area contributed by atoms with E-state index in [0.29, 0.717) is 19.3 Å². The summed E-state index contributed by atoms with van der Waals surface area (Å²) in [5.41, 5.74) is 11.5. The molecule has 1 atom stereocenters. The Balaban J connectivity index is 4.10. The van der Waals surface area contributed by atoms with Crippen molar-refractivity contribution in [1.29, 1.82) is 10.5 Å². The second-order valence-electron chi connectivity index (χ2n) is 4.28. The van der Waals surface area contributed by atoms with E-state index in [0.717, 1.165) is 25.7 Å². The first-order valence-corrected chi connectivity index (χ1v) is 5.90. The Bertz CT molecular complexity index is 259. The molecule has 0 aliphatic carbocycles. The highest BCUT2D eigenvalue weighted by atomic mass is 15.0. The van der Waals surface area contributed by atoms with Gasteiger partial charge in [-0.1, -0.05) is 13.3 Å². The minimum Gasteiger partial charge on any atom is -0.313 e. The number of rotatable bonds is 8. The van der Waals surface area contributed by atoms with E-state index in [1.54, 1.807) is 0 Å². The van der Waals surface area contributed by atoms with Gasteiger partial charge in [0.25, 0.3) is 0 Å². The van der Waals surface area contributed by atoms with Crippen LogP contribution >= 0.6 is 0 Å². The minimum atomic E-state index is -0.693.